The summed E-state index contributed by atoms with van der Waals surface area (Å²) in [7, 11) is 0.401. The highest BCUT2D eigenvalue weighted by atomic mass is 32.2. The molecular weight excluding hydrogens is 500 g/mol. The first-order valence-electron chi connectivity index (χ1n) is 14.2. The van der Waals surface area contributed by atoms with Crippen LogP contribution in [0.1, 0.15) is 64.2 Å². The number of benzene rings is 1. The zero-order valence-corrected chi connectivity index (χ0v) is 24.3. The smallest absolute Gasteiger partial charge is 0.241 e. The maximum Gasteiger partial charge on any atom is 0.241 e. The summed E-state index contributed by atoms with van der Waals surface area (Å²) in [5.41, 5.74) is 6.62. The second-order valence-electron chi connectivity index (χ2n) is 10.1. The molecule has 1 aromatic carbocycles. The van der Waals surface area contributed by atoms with Crippen molar-refractivity contribution in [2.24, 2.45) is 5.73 Å². The van der Waals surface area contributed by atoms with E-state index in [1.54, 1.807) is 6.07 Å². The molecule has 0 saturated carbocycles. The average Bonchev–Trinajstić information content (AvgIpc) is 2.90. The van der Waals surface area contributed by atoms with Gasteiger partial charge in [0.05, 0.1) is 4.90 Å². The van der Waals surface area contributed by atoms with Crippen molar-refractivity contribution in [1.82, 2.24) is 25.6 Å². The normalized spacial score (nSPS) is 13.2. The molecule has 0 spiro atoms. The number of nitrogens with zero attached hydrogens (tertiary/aromatic N) is 1. The predicted molar refractivity (Wildman–Crippen MR) is 156 cm³/mol. The summed E-state index contributed by atoms with van der Waals surface area (Å²) in [6.07, 6.45) is 10.7. The van der Waals surface area contributed by atoms with Crippen LogP contribution in [0.5, 0.6) is 0 Å². The Labute approximate surface area is 229 Å². The largest absolute Gasteiger partial charge is 0.380 e. The van der Waals surface area contributed by atoms with Crippen molar-refractivity contribution in [3.05, 3.63) is 28.6 Å². The van der Waals surface area contributed by atoms with Gasteiger partial charge in [-0.3, -0.25) is 4.79 Å². The van der Waals surface area contributed by atoms with E-state index in [4.69, 9.17) is 5.73 Å². The lowest BCUT2D eigenvalue weighted by molar-refractivity contribution is -0.121. The van der Waals surface area contributed by atoms with Gasteiger partial charge >= 0.3 is 0 Å². The second kappa shape index (κ2) is 18.3. The second-order valence-corrected chi connectivity index (χ2v) is 11.8. The quantitative estimate of drug-likeness (QED) is 0.142. The van der Waals surface area contributed by atoms with E-state index in [0.29, 0.717) is 30.8 Å². The Hall–Kier alpha value is -1.98. The molecular formula is C28H50N6O3S. The summed E-state index contributed by atoms with van der Waals surface area (Å²) in [6.45, 7) is 5.71. The standard InChI is InChI=1S/C28H50N6O3S/c1-34(2)26-14-8-13-25-24(26)12-9-15-27(25)38(36,37)33-23-5-3-4-16-28(35)32-22-11-21-31-19-7-6-18-30-20-10-17-29/h9,12-13,15,30-31,33H,3-8,10-11,14,16-23,29H2,1-2H3,(H,32,35). The zero-order chi connectivity index (χ0) is 27.6. The Balaban J connectivity index is 1.55. The molecule has 216 valence electrons. The third-order valence-electron chi connectivity index (χ3n) is 6.68. The van der Waals surface area contributed by atoms with Crippen molar-refractivity contribution in [3.63, 3.8) is 0 Å². The van der Waals surface area contributed by atoms with Crippen LogP contribution >= 0.6 is 0 Å². The monoisotopic (exact) mass is 550 g/mol. The molecule has 1 aliphatic carbocycles. The van der Waals surface area contributed by atoms with Gasteiger partial charge in [-0.05, 0) is 95.4 Å². The van der Waals surface area contributed by atoms with Gasteiger partial charge in [0.1, 0.15) is 0 Å². The van der Waals surface area contributed by atoms with E-state index in [1.807, 2.05) is 32.3 Å². The first-order valence-corrected chi connectivity index (χ1v) is 15.7. The molecule has 2 rings (SSSR count). The molecule has 0 bridgehead atoms. The summed E-state index contributed by atoms with van der Waals surface area (Å²) in [4.78, 5) is 14.5. The minimum Gasteiger partial charge on any atom is -0.380 e. The van der Waals surface area contributed by atoms with Crippen LogP contribution in [0, 0.1) is 0 Å². The maximum absolute atomic E-state index is 13.0. The molecule has 0 aliphatic heterocycles. The lowest BCUT2D eigenvalue weighted by Crippen LogP contribution is -2.40. The predicted octanol–water partition coefficient (Wildman–Crippen LogP) is 0.584. The zero-order valence-electron chi connectivity index (χ0n) is 23.5. The van der Waals surface area contributed by atoms with Crippen LogP contribution in [0.3, 0.4) is 0 Å². The number of sulfonamides is 1. The summed E-state index contributed by atoms with van der Waals surface area (Å²) in [5, 5.41) is 11.6. The Morgan fingerprint density at radius 2 is 1.58 bits per heavy atom. The van der Waals surface area contributed by atoms with Gasteiger partial charge in [-0.1, -0.05) is 24.6 Å². The highest BCUT2D eigenvalue weighted by Gasteiger charge is 2.18. The molecule has 0 saturated heterocycles. The molecule has 0 unspecified atom stereocenters. The van der Waals surface area contributed by atoms with Crippen molar-refractivity contribution < 1.29 is 13.2 Å². The van der Waals surface area contributed by atoms with E-state index < -0.39 is 10.0 Å². The molecule has 0 aromatic heterocycles. The first kappa shape index (κ1) is 32.2. The minimum atomic E-state index is -3.59. The van der Waals surface area contributed by atoms with Gasteiger partial charge in [-0.2, -0.15) is 0 Å². The van der Waals surface area contributed by atoms with E-state index in [2.05, 4.69) is 25.6 Å². The number of unbranched alkanes of at least 4 members (excludes halogenated alkanes) is 3. The number of fused-ring (bicyclic) bond motifs is 1. The number of carbonyl (C=O) groups is 1. The molecule has 9 nitrogen and oxygen atoms in total. The first-order chi connectivity index (χ1) is 18.4. The molecule has 1 amide bonds. The number of carbonyl (C=O) groups excluding carboxylic acids is 1. The molecule has 0 fully saturated rings. The Bertz CT molecular complexity index is 1060. The lowest BCUT2D eigenvalue weighted by Gasteiger charge is -2.20. The third-order valence-corrected chi connectivity index (χ3v) is 8.20. The Morgan fingerprint density at radius 1 is 0.895 bits per heavy atom. The minimum absolute atomic E-state index is 0.0635. The Morgan fingerprint density at radius 3 is 2.29 bits per heavy atom. The van der Waals surface area contributed by atoms with E-state index in [1.165, 1.54) is 0 Å². The van der Waals surface area contributed by atoms with Crippen molar-refractivity contribution in [2.75, 3.05) is 59.9 Å². The van der Waals surface area contributed by atoms with E-state index in [-0.39, 0.29) is 5.91 Å². The van der Waals surface area contributed by atoms with E-state index >= 15 is 0 Å². The number of nitrogens with one attached hydrogen (secondary N) is 4. The fourth-order valence-electron chi connectivity index (χ4n) is 4.57. The van der Waals surface area contributed by atoms with Crippen LogP contribution < -0.4 is 36.8 Å². The van der Waals surface area contributed by atoms with Crippen molar-refractivity contribution in [3.8, 4) is 0 Å². The van der Waals surface area contributed by atoms with Gasteiger partial charge in [0, 0.05) is 44.5 Å². The molecule has 0 heterocycles. The fraction of sp³-hybridized carbons (Fsp3) is 0.679. The SMILES string of the molecule is CN(C)C1=c2cccc(S(=O)(=O)NCCCCCC(=O)NCCCNCCCCNCCCN)c2=CCC1. The summed E-state index contributed by atoms with van der Waals surface area (Å²) in [5.74, 6) is 0.0635. The molecule has 0 atom stereocenters. The number of nitrogens with two attached hydrogens (primary N) is 1. The van der Waals surface area contributed by atoms with Crippen molar-refractivity contribution in [1.29, 1.82) is 0 Å². The number of rotatable bonds is 21. The average molecular weight is 551 g/mol. The van der Waals surface area contributed by atoms with E-state index in [9.17, 15) is 13.2 Å². The van der Waals surface area contributed by atoms with Gasteiger partial charge in [-0.25, -0.2) is 13.1 Å². The summed E-state index contributed by atoms with van der Waals surface area (Å²) >= 11 is 0. The van der Waals surface area contributed by atoms with Crippen LogP contribution in [0.2, 0.25) is 0 Å². The molecule has 1 aliphatic rings. The van der Waals surface area contributed by atoms with Crippen LogP contribution in [0.4, 0.5) is 0 Å². The van der Waals surface area contributed by atoms with Crippen molar-refractivity contribution in [2.45, 2.75) is 69.1 Å². The third kappa shape index (κ3) is 11.8. The summed E-state index contributed by atoms with van der Waals surface area (Å²) in [6, 6.07) is 5.49. The Kier molecular flexibility index (Phi) is 15.6. The number of amides is 1. The molecule has 0 radical (unpaired) electrons. The lowest BCUT2D eigenvalue weighted by atomic mass is 10.0. The summed E-state index contributed by atoms with van der Waals surface area (Å²) < 4.78 is 28.7. The molecule has 10 heteroatoms. The molecule has 6 N–H and O–H groups in total. The van der Waals surface area contributed by atoms with E-state index in [0.717, 1.165) is 100 Å². The number of hydrogen-bond donors (Lipinski definition) is 5. The van der Waals surface area contributed by atoms with Crippen molar-refractivity contribution >= 4 is 27.7 Å². The fourth-order valence-corrected chi connectivity index (χ4v) is 5.88. The van der Waals surface area contributed by atoms with Gasteiger partial charge in [-0.15, -0.1) is 0 Å². The topological polar surface area (TPSA) is 129 Å². The van der Waals surface area contributed by atoms with Gasteiger partial charge < -0.3 is 26.6 Å². The number of hydrogen-bond acceptors (Lipinski definition) is 7. The molecule has 38 heavy (non-hydrogen) atoms. The molecule has 1 aromatic rings. The highest BCUT2D eigenvalue weighted by molar-refractivity contribution is 7.89. The van der Waals surface area contributed by atoms with Gasteiger partial charge in [0.15, 0.2) is 0 Å². The van der Waals surface area contributed by atoms with Gasteiger partial charge in [0.25, 0.3) is 0 Å². The van der Waals surface area contributed by atoms with Crippen LogP contribution in [-0.4, -0.2) is 79.1 Å². The van der Waals surface area contributed by atoms with Crippen LogP contribution in [0.25, 0.3) is 11.8 Å². The highest BCUT2D eigenvalue weighted by Crippen LogP contribution is 2.12. The van der Waals surface area contributed by atoms with Crippen LogP contribution in [0.15, 0.2) is 23.1 Å². The van der Waals surface area contributed by atoms with Gasteiger partial charge in [0.2, 0.25) is 15.9 Å². The van der Waals surface area contributed by atoms with Crippen LogP contribution in [-0.2, 0) is 14.8 Å². The maximum atomic E-state index is 13.0.